The van der Waals surface area contributed by atoms with Crippen LogP contribution in [0.1, 0.15) is 50.5 Å². The van der Waals surface area contributed by atoms with Crippen molar-refractivity contribution in [2.24, 2.45) is 10.9 Å². The zero-order valence-corrected chi connectivity index (χ0v) is 16.6. The Morgan fingerprint density at radius 1 is 1.12 bits per heavy atom. The third kappa shape index (κ3) is 5.00. The second-order valence-corrected chi connectivity index (χ2v) is 8.24. The van der Waals surface area contributed by atoms with E-state index >= 15 is 0 Å². The number of likely N-dealkylation sites (tertiary alicyclic amines) is 1. The maximum absolute atomic E-state index is 4.45. The molecular weight excluding hydrogens is 320 g/mol. The van der Waals surface area contributed by atoms with Crippen LogP contribution in [0, 0.1) is 5.92 Å². The lowest BCUT2D eigenvalue weighted by Gasteiger charge is -2.31. The van der Waals surface area contributed by atoms with E-state index in [0.29, 0.717) is 0 Å². The van der Waals surface area contributed by atoms with Crippen LogP contribution in [0.3, 0.4) is 0 Å². The van der Waals surface area contributed by atoms with Crippen LogP contribution in [0.4, 0.5) is 0 Å². The summed E-state index contributed by atoms with van der Waals surface area (Å²) in [7, 11) is 4.11. The Labute approximate surface area is 159 Å². The molecule has 1 aromatic rings. The average Bonchev–Trinajstić information content (AvgIpc) is 3.17. The van der Waals surface area contributed by atoms with E-state index in [1.54, 1.807) is 0 Å². The number of rotatable bonds is 6. The fraction of sp³-hybridized carbons (Fsp3) is 0.682. The van der Waals surface area contributed by atoms with Gasteiger partial charge in [-0.05, 0) is 63.7 Å². The highest BCUT2D eigenvalue weighted by Gasteiger charge is 2.35. The van der Waals surface area contributed by atoms with Crippen LogP contribution in [0.2, 0.25) is 0 Å². The van der Waals surface area contributed by atoms with Crippen molar-refractivity contribution in [1.82, 2.24) is 15.5 Å². The van der Waals surface area contributed by atoms with E-state index in [2.05, 4.69) is 57.9 Å². The van der Waals surface area contributed by atoms with E-state index < -0.39 is 0 Å². The lowest BCUT2D eigenvalue weighted by atomic mass is 9.79. The maximum atomic E-state index is 4.45. The molecule has 4 heteroatoms. The van der Waals surface area contributed by atoms with E-state index in [9.17, 15) is 0 Å². The van der Waals surface area contributed by atoms with Gasteiger partial charge >= 0.3 is 0 Å². The molecule has 144 valence electrons. The van der Waals surface area contributed by atoms with Gasteiger partial charge in [-0.2, -0.15) is 0 Å². The Bertz CT molecular complexity index is 555. The second-order valence-electron chi connectivity index (χ2n) is 8.24. The highest BCUT2D eigenvalue weighted by Crippen LogP contribution is 2.40. The minimum absolute atomic E-state index is 0.271. The molecule has 1 aliphatic carbocycles. The van der Waals surface area contributed by atoms with Crippen LogP contribution >= 0.6 is 0 Å². The summed E-state index contributed by atoms with van der Waals surface area (Å²) in [6.07, 6.45) is 9.13. The van der Waals surface area contributed by atoms with E-state index in [1.807, 2.05) is 7.05 Å². The van der Waals surface area contributed by atoms with Crippen molar-refractivity contribution in [2.75, 3.05) is 40.3 Å². The van der Waals surface area contributed by atoms with Crippen molar-refractivity contribution in [3.8, 4) is 0 Å². The summed E-state index contributed by atoms with van der Waals surface area (Å²) in [5.41, 5.74) is 1.75. The minimum atomic E-state index is 0.271. The number of hydrogen-bond acceptors (Lipinski definition) is 2. The van der Waals surface area contributed by atoms with Gasteiger partial charge < -0.3 is 15.5 Å². The lowest BCUT2D eigenvalue weighted by Crippen LogP contribution is -2.45. The lowest BCUT2D eigenvalue weighted by molar-refractivity contribution is 0.213. The van der Waals surface area contributed by atoms with Gasteiger partial charge in [0, 0.05) is 25.6 Å². The van der Waals surface area contributed by atoms with Crippen LogP contribution in [-0.4, -0.2) is 51.1 Å². The summed E-state index contributed by atoms with van der Waals surface area (Å²) in [5, 5.41) is 7.17. The second kappa shape index (κ2) is 9.40. The first-order valence-corrected chi connectivity index (χ1v) is 10.4. The van der Waals surface area contributed by atoms with Gasteiger partial charge in [-0.3, -0.25) is 4.99 Å². The van der Waals surface area contributed by atoms with Crippen molar-refractivity contribution in [1.29, 1.82) is 0 Å². The van der Waals surface area contributed by atoms with Gasteiger partial charge in [0.25, 0.3) is 0 Å². The van der Waals surface area contributed by atoms with Crippen molar-refractivity contribution < 1.29 is 0 Å². The van der Waals surface area contributed by atoms with Gasteiger partial charge in [0.05, 0.1) is 0 Å². The highest BCUT2D eigenvalue weighted by atomic mass is 15.2. The zero-order valence-electron chi connectivity index (χ0n) is 16.6. The van der Waals surface area contributed by atoms with Gasteiger partial charge in [-0.15, -0.1) is 0 Å². The summed E-state index contributed by atoms with van der Waals surface area (Å²) < 4.78 is 0. The largest absolute Gasteiger partial charge is 0.356 e. The summed E-state index contributed by atoms with van der Waals surface area (Å²) in [4.78, 5) is 6.89. The maximum Gasteiger partial charge on any atom is 0.191 e. The first kappa shape index (κ1) is 19.2. The molecule has 2 fully saturated rings. The summed E-state index contributed by atoms with van der Waals surface area (Å²) >= 11 is 0. The molecule has 0 radical (unpaired) electrons. The van der Waals surface area contributed by atoms with Crippen molar-refractivity contribution in [3.05, 3.63) is 35.9 Å². The molecule has 2 N–H and O–H groups in total. The molecule has 1 aliphatic heterocycles. The molecule has 1 saturated heterocycles. The van der Waals surface area contributed by atoms with E-state index in [0.717, 1.165) is 25.0 Å². The third-order valence-electron chi connectivity index (χ3n) is 6.45. The number of guanidine groups is 1. The standard InChI is InChI=1S/C22H36N4/c1-23-21(24-15-10-19-11-16-26(2)17-12-19)25-18-22(13-6-7-14-22)20-8-4-3-5-9-20/h3-5,8-9,19H,6-7,10-18H2,1-2H3,(H2,23,24,25). The molecule has 0 atom stereocenters. The normalized spacial score (nSPS) is 21.7. The van der Waals surface area contributed by atoms with E-state index in [1.165, 1.54) is 63.6 Å². The van der Waals surface area contributed by atoms with Crippen LogP contribution in [0.5, 0.6) is 0 Å². The van der Waals surface area contributed by atoms with Crippen molar-refractivity contribution in [3.63, 3.8) is 0 Å². The Morgan fingerprint density at radius 3 is 2.46 bits per heavy atom. The van der Waals surface area contributed by atoms with Crippen LogP contribution < -0.4 is 10.6 Å². The van der Waals surface area contributed by atoms with Crippen LogP contribution in [-0.2, 0) is 5.41 Å². The Morgan fingerprint density at radius 2 is 1.81 bits per heavy atom. The third-order valence-corrected chi connectivity index (χ3v) is 6.45. The van der Waals surface area contributed by atoms with Crippen LogP contribution in [0.25, 0.3) is 0 Å². The Hall–Kier alpha value is -1.55. The minimum Gasteiger partial charge on any atom is -0.356 e. The van der Waals surface area contributed by atoms with Crippen LogP contribution in [0.15, 0.2) is 35.3 Å². The number of aliphatic imine (C=N–C) groups is 1. The molecule has 0 bridgehead atoms. The number of benzene rings is 1. The molecule has 1 heterocycles. The summed E-state index contributed by atoms with van der Waals surface area (Å²) in [6, 6.07) is 11.0. The molecule has 26 heavy (non-hydrogen) atoms. The predicted octanol–water partition coefficient (Wildman–Crippen LogP) is 3.40. The SMILES string of the molecule is CN=C(NCCC1CCN(C)CC1)NCC1(c2ccccc2)CCCC1. The van der Waals surface area contributed by atoms with E-state index in [-0.39, 0.29) is 5.41 Å². The molecular formula is C22H36N4. The summed E-state index contributed by atoms with van der Waals surface area (Å²) in [5.74, 6) is 1.82. The molecule has 0 aromatic heterocycles. The topological polar surface area (TPSA) is 39.7 Å². The molecule has 1 saturated carbocycles. The number of hydrogen-bond donors (Lipinski definition) is 2. The van der Waals surface area contributed by atoms with Crippen molar-refractivity contribution in [2.45, 2.75) is 50.4 Å². The first-order valence-electron chi connectivity index (χ1n) is 10.4. The molecule has 0 spiro atoms. The number of nitrogens with one attached hydrogen (secondary N) is 2. The monoisotopic (exact) mass is 356 g/mol. The first-order chi connectivity index (χ1) is 12.7. The van der Waals surface area contributed by atoms with Gasteiger partial charge in [-0.25, -0.2) is 0 Å². The molecule has 4 nitrogen and oxygen atoms in total. The average molecular weight is 357 g/mol. The fourth-order valence-corrected chi connectivity index (χ4v) is 4.63. The Kier molecular flexibility index (Phi) is 6.95. The fourth-order valence-electron chi connectivity index (χ4n) is 4.63. The highest BCUT2D eigenvalue weighted by molar-refractivity contribution is 5.79. The van der Waals surface area contributed by atoms with Gasteiger partial charge in [0.15, 0.2) is 5.96 Å². The van der Waals surface area contributed by atoms with Crippen molar-refractivity contribution >= 4 is 5.96 Å². The molecule has 0 unspecified atom stereocenters. The predicted molar refractivity (Wildman–Crippen MR) is 111 cm³/mol. The summed E-state index contributed by atoms with van der Waals surface area (Å²) in [6.45, 7) is 4.49. The number of nitrogens with zero attached hydrogens (tertiary/aromatic N) is 2. The smallest absolute Gasteiger partial charge is 0.191 e. The molecule has 2 aliphatic rings. The molecule has 0 amide bonds. The van der Waals surface area contributed by atoms with Gasteiger partial charge in [-0.1, -0.05) is 43.2 Å². The van der Waals surface area contributed by atoms with Gasteiger partial charge in [0.1, 0.15) is 0 Å². The zero-order chi connectivity index (χ0) is 18.2. The van der Waals surface area contributed by atoms with E-state index in [4.69, 9.17) is 0 Å². The van der Waals surface area contributed by atoms with Gasteiger partial charge in [0.2, 0.25) is 0 Å². The Balaban J connectivity index is 1.47. The molecule has 3 rings (SSSR count). The quantitative estimate of drug-likeness (QED) is 0.606. The number of piperidine rings is 1. The molecule has 1 aromatic carbocycles.